The van der Waals surface area contributed by atoms with Gasteiger partial charge >= 0.3 is 0 Å². The highest BCUT2D eigenvalue weighted by Gasteiger charge is 2.31. The van der Waals surface area contributed by atoms with Crippen molar-refractivity contribution in [2.45, 2.75) is 32.0 Å². The summed E-state index contributed by atoms with van der Waals surface area (Å²) >= 11 is 0. The Morgan fingerprint density at radius 2 is 2.19 bits per heavy atom. The van der Waals surface area contributed by atoms with Crippen LogP contribution in [0, 0.1) is 5.82 Å². The molecule has 31 heavy (non-hydrogen) atoms. The van der Waals surface area contributed by atoms with E-state index in [0.29, 0.717) is 41.3 Å². The van der Waals surface area contributed by atoms with E-state index in [1.807, 2.05) is 18.2 Å². The first kappa shape index (κ1) is 19.7. The Hall–Kier alpha value is -3.26. The zero-order valence-electron chi connectivity index (χ0n) is 17.3. The number of aromatic nitrogens is 3. The Morgan fingerprint density at radius 3 is 2.94 bits per heavy atom. The molecule has 1 atom stereocenters. The van der Waals surface area contributed by atoms with Crippen LogP contribution in [0.15, 0.2) is 42.6 Å². The van der Waals surface area contributed by atoms with Crippen LogP contribution < -0.4 is 4.74 Å². The van der Waals surface area contributed by atoms with Gasteiger partial charge in [-0.3, -0.25) is 9.48 Å². The molecule has 0 aliphatic carbocycles. The Balaban J connectivity index is 1.31. The number of hydrogen-bond acceptors (Lipinski definition) is 5. The van der Waals surface area contributed by atoms with Gasteiger partial charge in [0.15, 0.2) is 0 Å². The summed E-state index contributed by atoms with van der Waals surface area (Å²) in [5.41, 5.74) is 3.17. The third kappa shape index (κ3) is 3.90. The van der Waals surface area contributed by atoms with Crippen molar-refractivity contribution >= 4 is 5.91 Å². The number of carbonyl (C=O) groups is 1. The molecule has 0 bridgehead atoms. The van der Waals surface area contributed by atoms with Gasteiger partial charge in [-0.2, -0.15) is 0 Å². The molecule has 2 aliphatic heterocycles. The van der Waals surface area contributed by atoms with Crippen LogP contribution in [0.4, 0.5) is 4.39 Å². The molecule has 1 fully saturated rings. The molecule has 2 aromatic carbocycles. The van der Waals surface area contributed by atoms with E-state index in [-0.39, 0.29) is 24.4 Å². The fraction of sp³-hybridized carbons (Fsp3) is 0.348. The first-order valence-corrected chi connectivity index (χ1v) is 10.4. The lowest BCUT2D eigenvalue weighted by Gasteiger charge is -2.17. The average molecular weight is 422 g/mol. The Morgan fingerprint density at radius 1 is 1.29 bits per heavy atom. The normalized spacial score (nSPS) is 17.9. The van der Waals surface area contributed by atoms with Crippen LogP contribution >= 0.6 is 0 Å². The Kier molecular flexibility index (Phi) is 5.15. The van der Waals surface area contributed by atoms with E-state index >= 15 is 0 Å². The van der Waals surface area contributed by atoms with E-state index < -0.39 is 0 Å². The summed E-state index contributed by atoms with van der Waals surface area (Å²) in [6.07, 6.45) is 3.81. The van der Waals surface area contributed by atoms with Gasteiger partial charge < -0.3 is 14.4 Å². The SMILES string of the molecule is Cn1cc(-c2ccc(CN3Cc4cccc(OCC5CCCO5)c4C3=O)c(F)c2)nn1. The Bertz CT molecular complexity index is 1120. The van der Waals surface area contributed by atoms with Crippen molar-refractivity contribution in [1.82, 2.24) is 19.9 Å². The number of fused-ring (bicyclic) bond motifs is 1. The predicted molar refractivity (Wildman–Crippen MR) is 111 cm³/mol. The molecule has 1 amide bonds. The Labute approximate surface area is 179 Å². The number of ether oxygens (including phenoxy) is 2. The number of amides is 1. The summed E-state index contributed by atoms with van der Waals surface area (Å²) < 4.78 is 27.9. The molecule has 0 spiro atoms. The molecular formula is C23H23FN4O3. The number of benzene rings is 2. The zero-order valence-corrected chi connectivity index (χ0v) is 17.3. The third-order valence-corrected chi connectivity index (χ3v) is 5.74. The number of carbonyl (C=O) groups excluding carboxylic acids is 1. The van der Waals surface area contributed by atoms with Crippen molar-refractivity contribution in [3.63, 3.8) is 0 Å². The van der Waals surface area contributed by atoms with Crippen LogP contribution in [0.1, 0.15) is 34.3 Å². The van der Waals surface area contributed by atoms with Gasteiger partial charge in [0.05, 0.1) is 17.9 Å². The summed E-state index contributed by atoms with van der Waals surface area (Å²) in [5, 5.41) is 7.90. The second kappa shape index (κ2) is 8.11. The third-order valence-electron chi connectivity index (χ3n) is 5.74. The van der Waals surface area contributed by atoms with Crippen LogP contribution in [-0.4, -0.2) is 45.1 Å². The predicted octanol–water partition coefficient (Wildman–Crippen LogP) is 3.34. The molecule has 5 rings (SSSR count). The maximum absolute atomic E-state index is 14.8. The molecule has 3 heterocycles. The summed E-state index contributed by atoms with van der Waals surface area (Å²) in [6.45, 7) is 1.80. The van der Waals surface area contributed by atoms with Gasteiger partial charge in [0, 0.05) is 37.9 Å². The van der Waals surface area contributed by atoms with Gasteiger partial charge in [0.1, 0.15) is 23.9 Å². The summed E-state index contributed by atoms with van der Waals surface area (Å²) in [4.78, 5) is 14.7. The van der Waals surface area contributed by atoms with Crippen molar-refractivity contribution in [3.05, 3.63) is 65.1 Å². The van der Waals surface area contributed by atoms with Gasteiger partial charge in [-0.1, -0.05) is 29.5 Å². The van der Waals surface area contributed by atoms with E-state index in [9.17, 15) is 9.18 Å². The van der Waals surface area contributed by atoms with Gasteiger partial charge in [-0.05, 0) is 30.5 Å². The van der Waals surface area contributed by atoms with E-state index in [1.165, 1.54) is 6.07 Å². The van der Waals surface area contributed by atoms with Crippen molar-refractivity contribution in [2.24, 2.45) is 7.05 Å². The molecule has 7 nitrogen and oxygen atoms in total. The van der Waals surface area contributed by atoms with E-state index in [4.69, 9.17) is 9.47 Å². The number of aryl methyl sites for hydroxylation is 1. The summed E-state index contributed by atoms with van der Waals surface area (Å²) in [7, 11) is 1.76. The van der Waals surface area contributed by atoms with Crippen molar-refractivity contribution in [3.8, 4) is 17.0 Å². The van der Waals surface area contributed by atoms with E-state index in [2.05, 4.69) is 10.3 Å². The van der Waals surface area contributed by atoms with Gasteiger partial charge in [0.25, 0.3) is 5.91 Å². The molecule has 0 saturated carbocycles. The number of nitrogens with zero attached hydrogens (tertiary/aromatic N) is 4. The molecular weight excluding hydrogens is 399 g/mol. The topological polar surface area (TPSA) is 69.5 Å². The van der Waals surface area contributed by atoms with Gasteiger partial charge in [0.2, 0.25) is 0 Å². The number of rotatable bonds is 6. The molecule has 8 heteroatoms. The number of halogens is 1. The molecule has 2 aliphatic rings. The lowest BCUT2D eigenvalue weighted by Crippen LogP contribution is -2.24. The van der Waals surface area contributed by atoms with Crippen LogP contribution in [0.25, 0.3) is 11.3 Å². The average Bonchev–Trinajstić information content (AvgIpc) is 3.50. The first-order valence-electron chi connectivity index (χ1n) is 10.4. The highest BCUT2D eigenvalue weighted by Crippen LogP contribution is 2.33. The maximum atomic E-state index is 14.8. The minimum absolute atomic E-state index is 0.0744. The lowest BCUT2D eigenvalue weighted by molar-refractivity contribution is 0.0659. The van der Waals surface area contributed by atoms with Crippen molar-refractivity contribution in [2.75, 3.05) is 13.2 Å². The van der Waals surface area contributed by atoms with Crippen LogP contribution in [0.2, 0.25) is 0 Å². The van der Waals surface area contributed by atoms with Crippen molar-refractivity contribution in [1.29, 1.82) is 0 Å². The smallest absolute Gasteiger partial charge is 0.258 e. The standard InChI is InChI=1S/C23H23FN4O3/c1-27-13-20(25-26-27)15-7-8-16(19(24)10-15)11-28-12-17-4-2-6-21(22(17)23(28)29)31-14-18-5-3-9-30-18/h2,4,6-8,10,13,18H,3,5,9,11-12,14H2,1H3. The van der Waals surface area contributed by atoms with Gasteiger partial charge in [-0.15, -0.1) is 5.10 Å². The largest absolute Gasteiger partial charge is 0.490 e. The fourth-order valence-electron chi connectivity index (χ4n) is 4.11. The molecule has 3 aromatic rings. The lowest BCUT2D eigenvalue weighted by atomic mass is 10.1. The fourth-order valence-corrected chi connectivity index (χ4v) is 4.11. The minimum Gasteiger partial charge on any atom is -0.490 e. The second-order valence-electron chi connectivity index (χ2n) is 7.98. The maximum Gasteiger partial charge on any atom is 0.258 e. The molecule has 0 N–H and O–H groups in total. The van der Waals surface area contributed by atoms with Crippen molar-refractivity contribution < 1.29 is 18.7 Å². The minimum atomic E-state index is -0.373. The van der Waals surface area contributed by atoms with E-state index in [1.54, 1.807) is 35.0 Å². The van der Waals surface area contributed by atoms with Crippen LogP contribution in [0.5, 0.6) is 5.75 Å². The number of hydrogen-bond donors (Lipinski definition) is 0. The van der Waals surface area contributed by atoms with Crippen LogP contribution in [0.3, 0.4) is 0 Å². The van der Waals surface area contributed by atoms with E-state index in [0.717, 1.165) is 25.0 Å². The van der Waals surface area contributed by atoms with Crippen LogP contribution in [-0.2, 0) is 24.9 Å². The first-order chi connectivity index (χ1) is 15.1. The summed E-state index contributed by atoms with van der Waals surface area (Å²) in [6, 6.07) is 10.5. The summed E-state index contributed by atoms with van der Waals surface area (Å²) in [5.74, 6) is 0.0519. The highest BCUT2D eigenvalue weighted by atomic mass is 19.1. The molecule has 1 unspecified atom stereocenters. The molecule has 1 saturated heterocycles. The second-order valence-corrected chi connectivity index (χ2v) is 7.98. The molecule has 0 radical (unpaired) electrons. The monoisotopic (exact) mass is 422 g/mol. The molecule has 1 aromatic heterocycles. The quantitative estimate of drug-likeness (QED) is 0.610. The van der Waals surface area contributed by atoms with Gasteiger partial charge in [-0.25, -0.2) is 4.39 Å². The molecule has 160 valence electrons. The highest BCUT2D eigenvalue weighted by molar-refractivity contribution is 6.01. The zero-order chi connectivity index (χ0) is 21.4.